The molecular formula is C9H7F2NS2. The summed E-state index contributed by atoms with van der Waals surface area (Å²) in [5.41, 5.74) is 6.23. The zero-order valence-corrected chi connectivity index (χ0v) is 8.71. The van der Waals surface area contributed by atoms with Gasteiger partial charge in [-0.05, 0) is 0 Å². The Morgan fingerprint density at radius 3 is 2.71 bits per heavy atom. The number of fused-ring (bicyclic) bond motifs is 1. The average molecular weight is 231 g/mol. The van der Waals surface area contributed by atoms with E-state index in [1.165, 1.54) is 17.4 Å². The molecule has 0 aliphatic heterocycles. The highest BCUT2D eigenvalue weighted by Gasteiger charge is 2.14. The minimum absolute atomic E-state index is 0.0392. The minimum Gasteiger partial charge on any atom is -0.398 e. The predicted molar refractivity (Wildman–Crippen MR) is 58.4 cm³/mol. The molecule has 14 heavy (non-hydrogen) atoms. The summed E-state index contributed by atoms with van der Waals surface area (Å²) >= 11 is 5.43. The smallest absolute Gasteiger partial charge is 0.264 e. The molecular weight excluding hydrogens is 224 g/mol. The SMILES string of the molecule is Nc1csc2c(S)c(C(F)F)ccc12. The third-order valence-electron chi connectivity index (χ3n) is 2.01. The minimum atomic E-state index is -2.49. The van der Waals surface area contributed by atoms with Gasteiger partial charge >= 0.3 is 0 Å². The van der Waals surface area contributed by atoms with Gasteiger partial charge in [0.25, 0.3) is 6.43 Å². The summed E-state index contributed by atoms with van der Waals surface area (Å²) < 4.78 is 25.7. The lowest BCUT2D eigenvalue weighted by Crippen LogP contribution is -1.87. The van der Waals surface area contributed by atoms with Crippen molar-refractivity contribution in [1.82, 2.24) is 0 Å². The van der Waals surface area contributed by atoms with Crippen LogP contribution in [0.1, 0.15) is 12.0 Å². The van der Waals surface area contributed by atoms with E-state index in [2.05, 4.69) is 12.6 Å². The number of nitrogen functional groups attached to an aromatic ring is 1. The van der Waals surface area contributed by atoms with Crippen LogP contribution in [0, 0.1) is 0 Å². The Balaban J connectivity index is 2.76. The molecule has 0 atom stereocenters. The summed E-state index contributed by atoms with van der Waals surface area (Å²) in [5.74, 6) is 0. The molecule has 0 amide bonds. The number of alkyl halides is 2. The lowest BCUT2D eigenvalue weighted by atomic mass is 10.1. The fraction of sp³-hybridized carbons (Fsp3) is 0.111. The molecule has 0 radical (unpaired) electrons. The van der Waals surface area contributed by atoms with Crippen LogP contribution in [-0.2, 0) is 0 Å². The highest BCUT2D eigenvalue weighted by Crippen LogP contribution is 2.37. The van der Waals surface area contributed by atoms with Crippen molar-refractivity contribution >= 4 is 39.7 Å². The maximum atomic E-state index is 12.5. The number of nitrogens with two attached hydrogens (primary N) is 1. The van der Waals surface area contributed by atoms with Gasteiger partial charge in [-0.25, -0.2) is 8.78 Å². The second kappa shape index (κ2) is 3.40. The second-order valence-corrected chi connectivity index (χ2v) is 4.20. The van der Waals surface area contributed by atoms with Crippen LogP contribution in [0.5, 0.6) is 0 Å². The van der Waals surface area contributed by atoms with Crippen molar-refractivity contribution in [3.8, 4) is 0 Å². The van der Waals surface area contributed by atoms with Gasteiger partial charge in [0.1, 0.15) is 0 Å². The molecule has 2 N–H and O–H groups in total. The molecule has 0 spiro atoms. The van der Waals surface area contributed by atoms with Gasteiger partial charge in [0.15, 0.2) is 0 Å². The summed E-state index contributed by atoms with van der Waals surface area (Å²) in [6, 6.07) is 2.99. The summed E-state index contributed by atoms with van der Waals surface area (Å²) in [7, 11) is 0. The standard InChI is InChI=1S/C9H7F2NS2/c10-9(11)5-2-1-4-6(12)3-14-8(4)7(5)13/h1-3,9,13H,12H2. The molecule has 1 nitrogen and oxygen atoms in total. The average Bonchev–Trinajstić information content (AvgIpc) is 2.49. The molecule has 2 aromatic rings. The number of thiophene rings is 1. The first-order chi connectivity index (χ1) is 6.61. The van der Waals surface area contributed by atoms with Gasteiger partial charge in [0, 0.05) is 21.2 Å². The van der Waals surface area contributed by atoms with Gasteiger partial charge in [-0.1, -0.05) is 12.1 Å². The van der Waals surface area contributed by atoms with Crippen LogP contribution < -0.4 is 5.73 Å². The van der Waals surface area contributed by atoms with Crippen LogP contribution in [0.15, 0.2) is 22.4 Å². The number of hydrogen-bond donors (Lipinski definition) is 2. The van der Waals surface area contributed by atoms with Crippen LogP contribution in [0.3, 0.4) is 0 Å². The molecule has 0 unspecified atom stereocenters. The van der Waals surface area contributed by atoms with Crippen molar-refractivity contribution in [3.63, 3.8) is 0 Å². The largest absolute Gasteiger partial charge is 0.398 e. The maximum absolute atomic E-state index is 12.5. The Morgan fingerprint density at radius 1 is 1.36 bits per heavy atom. The third-order valence-corrected chi connectivity index (χ3v) is 3.68. The van der Waals surface area contributed by atoms with Crippen LogP contribution in [0.25, 0.3) is 10.1 Å². The molecule has 1 aromatic carbocycles. The van der Waals surface area contributed by atoms with E-state index in [1.54, 1.807) is 11.4 Å². The second-order valence-electron chi connectivity index (χ2n) is 2.87. The number of hydrogen-bond acceptors (Lipinski definition) is 3. The number of halogens is 2. The van der Waals surface area contributed by atoms with E-state index in [4.69, 9.17) is 5.73 Å². The van der Waals surface area contributed by atoms with Gasteiger partial charge in [0.05, 0.1) is 10.4 Å². The van der Waals surface area contributed by atoms with Crippen LogP contribution in [0.2, 0.25) is 0 Å². The van der Waals surface area contributed by atoms with Gasteiger partial charge in [0.2, 0.25) is 0 Å². The summed E-state index contributed by atoms with van der Waals surface area (Å²) in [6.07, 6.45) is -2.49. The molecule has 74 valence electrons. The Kier molecular flexibility index (Phi) is 2.36. The molecule has 1 heterocycles. The van der Waals surface area contributed by atoms with E-state index in [0.29, 0.717) is 10.6 Å². The van der Waals surface area contributed by atoms with Crippen molar-refractivity contribution in [1.29, 1.82) is 0 Å². The normalized spacial score (nSPS) is 11.4. The maximum Gasteiger partial charge on any atom is 0.264 e. The first-order valence-electron chi connectivity index (χ1n) is 3.88. The quantitative estimate of drug-likeness (QED) is 0.719. The third kappa shape index (κ3) is 1.36. The first-order valence-corrected chi connectivity index (χ1v) is 5.20. The Labute approximate surface area is 88.9 Å². The molecule has 0 bridgehead atoms. The fourth-order valence-corrected chi connectivity index (χ4v) is 2.66. The summed E-state index contributed by atoms with van der Waals surface area (Å²) in [5, 5.41) is 2.53. The van der Waals surface area contributed by atoms with E-state index in [9.17, 15) is 8.78 Å². The molecule has 0 saturated heterocycles. The van der Waals surface area contributed by atoms with Gasteiger partial charge in [-0.15, -0.1) is 24.0 Å². The molecule has 1 aromatic heterocycles. The zero-order chi connectivity index (χ0) is 10.3. The zero-order valence-electron chi connectivity index (χ0n) is 7.00. The molecule has 5 heteroatoms. The number of thiol groups is 1. The summed E-state index contributed by atoms with van der Waals surface area (Å²) in [4.78, 5) is 0.333. The predicted octanol–water partition coefficient (Wildman–Crippen LogP) is 3.71. The van der Waals surface area contributed by atoms with Crippen molar-refractivity contribution in [2.45, 2.75) is 11.3 Å². The molecule has 2 rings (SSSR count). The molecule has 0 aliphatic rings. The van der Waals surface area contributed by atoms with Crippen molar-refractivity contribution in [2.75, 3.05) is 5.73 Å². The van der Waals surface area contributed by atoms with Gasteiger partial charge in [-0.2, -0.15) is 0 Å². The Morgan fingerprint density at radius 2 is 2.07 bits per heavy atom. The fourth-order valence-electron chi connectivity index (χ4n) is 1.29. The van der Waals surface area contributed by atoms with E-state index in [1.807, 2.05) is 0 Å². The molecule has 0 aliphatic carbocycles. The molecule has 0 saturated carbocycles. The van der Waals surface area contributed by atoms with E-state index in [0.717, 1.165) is 10.1 Å². The number of anilines is 1. The monoisotopic (exact) mass is 231 g/mol. The Hall–Kier alpha value is -0.810. The highest BCUT2D eigenvalue weighted by molar-refractivity contribution is 7.80. The van der Waals surface area contributed by atoms with Gasteiger partial charge < -0.3 is 5.73 Å². The lowest BCUT2D eigenvalue weighted by molar-refractivity contribution is 0.148. The van der Waals surface area contributed by atoms with Crippen molar-refractivity contribution < 1.29 is 8.78 Å². The van der Waals surface area contributed by atoms with Gasteiger partial charge in [-0.3, -0.25) is 0 Å². The van der Waals surface area contributed by atoms with E-state index in [-0.39, 0.29) is 5.56 Å². The summed E-state index contributed by atoms with van der Waals surface area (Å²) in [6.45, 7) is 0. The molecule has 0 fully saturated rings. The van der Waals surface area contributed by atoms with E-state index >= 15 is 0 Å². The highest BCUT2D eigenvalue weighted by atomic mass is 32.1. The van der Waals surface area contributed by atoms with Crippen LogP contribution in [0.4, 0.5) is 14.5 Å². The number of benzene rings is 1. The van der Waals surface area contributed by atoms with Crippen LogP contribution >= 0.6 is 24.0 Å². The first kappa shape index (κ1) is 9.73. The lowest BCUT2D eigenvalue weighted by Gasteiger charge is -2.04. The number of rotatable bonds is 1. The topological polar surface area (TPSA) is 26.0 Å². The van der Waals surface area contributed by atoms with Crippen molar-refractivity contribution in [3.05, 3.63) is 23.1 Å². The van der Waals surface area contributed by atoms with Crippen molar-refractivity contribution in [2.24, 2.45) is 0 Å². The Bertz CT molecular complexity index is 479. The van der Waals surface area contributed by atoms with E-state index < -0.39 is 6.43 Å². The van der Waals surface area contributed by atoms with Crippen LogP contribution in [-0.4, -0.2) is 0 Å².